The molecule has 0 amide bonds. The van der Waals surface area contributed by atoms with E-state index in [4.69, 9.17) is 23.6 Å². The number of hydrogen-bond acceptors (Lipinski definition) is 8. The van der Waals surface area contributed by atoms with Crippen LogP contribution < -0.4 is 0 Å². The summed E-state index contributed by atoms with van der Waals surface area (Å²) in [4.78, 5) is 22.6. The van der Waals surface area contributed by atoms with Crippen molar-refractivity contribution < 1.29 is 43.0 Å². The quantitative estimate of drug-likeness (QED) is 0.0237. The zero-order valence-electron chi connectivity index (χ0n) is 38.8. The monoisotopic (exact) mass is 887 g/mol. The molecule has 0 aromatic rings. The van der Waals surface area contributed by atoms with Gasteiger partial charge in [-0.1, -0.05) is 175 Å². The highest BCUT2D eigenvalue weighted by Crippen LogP contribution is 2.43. The summed E-state index contributed by atoms with van der Waals surface area (Å²) >= 11 is 0. The zero-order chi connectivity index (χ0) is 45.3. The molecule has 10 heteroatoms. The van der Waals surface area contributed by atoms with Crippen LogP contribution in [-0.4, -0.2) is 66.3 Å². The molecule has 0 bridgehead atoms. The van der Waals surface area contributed by atoms with Crippen molar-refractivity contribution in [1.82, 2.24) is 0 Å². The van der Waals surface area contributed by atoms with E-state index >= 15 is 0 Å². The minimum absolute atomic E-state index is 0.0238. The molecule has 0 aromatic heterocycles. The number of carbonyl (C=O) groups excluding carboxylic acids is 1. The number of phosphoric acid groups is 1. The number of rotatable bonds is 44. The van der Waals surface area contributed by atoms with Gasteiger partial charge in [0.25, 0.3) is 0 Å². The lowest BCUT2D eigenvalue weighted by Crippen LogP contribution is -2.29. The van der Waals surface area contributed by atoms with Gasteiger partial charge in [-0.25, -0.2) is 4.57 Å². The Balaban J connectivity index is 4.21. The number of unbranched alkanes of at least 4 members (excludes halogenated alkanes) is 12. The van der Waals surface area contributed by atoms with Gasteiger partial charge in [0, 0.05) is 13.0 Å². The van der Waals surface area contributed by atoms with Gasteiger partial charge in [0.2, 0.25) is 0 Å². The van der Waals surface area contributed by atoms with Gasteiger partial charge >= 0.3 is 13.8 Å². The predicted molar refractivity (Wildman–Crippen MR) is 260 cm³/mol. The Bertz CT molecular complexity index is 1330. The summed E-state index contributed by atoms with van der Waals surface area (Å²) in [6.07, 6.45) is 61.9. The number of phosphoric ester groups is 1. The van der Waals surface area contributed by atoms with Crippen LogP contribution in [0.2, 0.25) is 0 Å². The van der Waals surface area contributed by atoms with Gasteiger partial charge in [-0.2, -0.15) is 0 Å². The average Bonchev–Trinajstić information content (AvgIpc) is 3.26. The summed E-state index contributed by atoms with van der Waals surface area (Å²) in [5.41, 5.74) is 0. The average molecular weight is 887 g/mol. The lowest BCUT2D eigenvalue weighted by atomic mass is 10.1. The molecule has 0 saturated carbocycles. The van der Waals surface area contributed by atoms with E-state index in [2.05, 4.69) is 123 Å². The Morgan fingerprint density at radius 1 is 0.500 bits per heavy atom. The predicted octanol–water partition coefficient (Wildman–Crippen LogP) is 13.8. The van der Waals surface area contributed by atoms with Gasteiger partial charge in [0.15, 0.2) is 0 Å². The SMILES string of the molecule is CC/C=C\C/C=C\C/C=C\C/C=C\C/C=C\CCCCCC(=O)OC(COCCCCCCCCCCC/C=C\C/C=C\C/C=C\C/C=C\CC)COP(=O)(O)OCC(O)CO. The normalized spacial score (nSPS) is 14.9. The molecule has 3 atom stereocenters. The molecule has 0 aromatic carbocycles. The Morgan fingerprint density at radius 2 is 0.871 bits per heavy atom. The standard InChI is InChI=1S/C52H87O9P/c1-3-5-7-9-11-13-15-17-19-21-23-24-25-27-29-31-33-35-37-39-41-43-45-58-48-51(49-60-62(56,57)59-47-50(54)46-53)61-52(55)44-42-40-38-36-34-32-30-28-26-22-20-18-16-14-12-10-8-6-4-2/h5-8,11-14,17-20,23-24,26,28,32,34,50-51,53-54H,3-4,9-10,15-16,21-22,25,27,29-31,33,35-49H2,1-2H3,(H,56,57)/b7-5-,8-6-,13-11-,14-12-,19-17-,20-18-,24-23-,28-26-,34-32-. The van der Waals surface area contributed by atoms with Crippen molar-refractivity contribution in [2.45, 2.75) is 180 Å². The molecule has 3 unspecified atom stereocenters. The molecule has 0 heterocycles. The maximum absolute atomic E-state index is 12.7. The van der Waals surface area contributed by atoms with Crippen LogP contribution in [0.5, 0.6) is 0 Å². The van der Waals surface area contributed by atoms with E-state index in [1.165, 1.54) is 38.5 Å². The minimum Gasteiger partial charge on any atom is -0.457 e. The number of ether oxygens (including phenoxy) is 2. The van der Waals surface area contributed by atoms with Gasteiger partial charge in [0.1, 0.15) is 12.2 Å². The first-order valence-corrected chi connectivity index (χ1v) is 25.4. The molecular weight excluding hydrogens is 800 g/mol. The van der Waals surface area contributed by atoms with Crippen LogP contribution in [0.3, 0.4) is 0 Å². The highest BCUT2D eigenvalue weighted by atomic mass is 31.2. The van der Waals surface area contributed by atoms with Crippen LogP contribution in [0.25, 0.3) is 0 Å². The van der Waals surface area contributed by atoms with Gasteiger partial charge in [-0.15, -0.1) is 0 Å². The van der Waals surface area contributed by atoms with Crippen molar-refractivity contribution in [3.05, 3.63) is 109 Å². The Morgan fingerprint density at radius 3 is 1.31 bits per heavy atom. The minimum atomic E-state index is -4.54. The highest BCUT2D eigenvalue weighted by Gasteiger charge is 2.26. The Labute approximate surface area is 378 Å². The summed E-state index contributed by atoms with van der Waals surface area (Å²) in [6.45, 7) is 3.21. The molecule has 354 valence electrons. The zero-order valence-corrected chi connectivity index (χ0v) is 39.7. The summed E-state index contributed by atoms with van der Waals surface area (Å²) < 4.78 is 33.4. The summed E-state index contributed by atoms with van der Waals surface area (Å²) in [7, 11) is -4.54. The van der Waals surface area contributed by atoms with E-state index in [9.17, 15) is 19.4 Å². The summed E-state index contributed by atoms with van der Waals surface area (Å²) in [6, 6.07) is 0. The van der Waals surface area contributed by atoms with E-state index in [1.54, 1.807) is 0 Å². The maximum atomic E-state index is 12.7. The van der Waals surface area contributed by atoms with E-state index in [0.717, 1.165) is 103 Å². The molecule has 0 aliphatic heterocycles. The number of hydrogen-bond donors (Lipinski definition) is 3. The smallest absolute Gasteiger partial charge is 0.457 e. The Kier molecular flexibility index (Phi) is 45.4. The van der Waals surface area contributed by atoms with Crippen LogP contribution in [0, 0.1) is 0 Å². The molecule has 3 N–H and O–H groups in total. The number of esters is 1. The van der Waals surface area contributed by atoms with Crippen molar-refractivity contribution in [1.29, 1.82) is 0 Å². The van der Waals surface area contributed by atoms with Crippen molar-refractivity contribution in [2.24, 2.45) is 0 Å². The second-order valence-electron chi connectivity index (χ2n) is 15.4. The second-order valence-corrected chi connectivity index (χ2v) is 16.8. The fraction of sp³-hybridized carbons (Fsp3) is 0.635. The molecule has 0 fully saturated rings. The summed E-state index contributed by atoms with van der Waals surface area (Å²) in [5.74, 6) is -0.420. The molecule has 0 aliphatic carbocycles. The molecule has 0 rings (SSSR count). The largest absolute Gasteiger partial charge is 0.472 e. The lowest BCUT2D eigenvalue weighted by Gasteiger charge is -2.20. The number of aliphatic hydroxyl groups excluding tert-OH is 2. The lowest BCUT2D eigenvalue weighted by molar-refractivity contribution is -0.154. The van der Waals surface area contributed by atoms with Crippen molar-refractivity contribution >= 4 is 13.8 Å². The van der Waals surface area contributed by atoms with Crippen molar-refractivity contribution in [3.63, 3.8) is 0 Å². The highest BCUT2D eigenvalue weighted by molar-refractivity contribution is 7.47. The first-order valence-electron chi connectivity index (χ1n) is 23.9. The fourth-order valence-corrected chi connectivity index (χ4v) is 6.69. The maximum Gasteiger partial charge on any atom is 0.472 e. The third-order valence-corrected chi connectivity index (χ3v) is 10.4. The van der Waals surface area contributed by atoms with Crippen molar-refractivity contribution in [2.75, 3.05) is 33.0 Å². The molecule has 0 spiro atoms. The van der Waals surface area contributed by atoms with Crippen LogP contribution in [0.4, 0.5) is 0 Å². The number of aliphatic hydroxyl groups is 2. The number of carbonyl (C=O) groups is 1. The first-order chi connectivity index (χ1) is 30.3. The van der Waals surface area contributed by atoms with Gasteiger partial charge < -0.3 is 24.6 Å². The second kappa shape index (κ2) is 47.6. The fourth-order valence-electron chi connectivity index (χ4n) is 5.90. The van der Waals surface area contributed by atoms with Gasteiger partial charge in [0.05, 0.1) is 26.4 Å². The van der Waals surface area contributed by atoms with Crippen LogP contribution in [0.15, 0.2) is 109 Å². The van der Waals surface area contributed by atoms with E-state index in [-0.39, 0.29) is 13.0 Å². The van der Waals surface area contributed by atoms with Crippen LogP contribution >= 0.6 is 7.82 Å². The van der Waals surface area contributed by atoms with Crippen molar-refractivity contribution in [3.8, 4) is 0 Å². The van der Waals surface area contributed by atoms with Crippen LogP contribution in [-0.2, 0) is 27.9 Å². The molecule has 0 radical (unpaired) electrons. The van der Waals surface area contributed by atoms with Crippen LogP contribution in [0.1, 0.15) is 168 Å². The van der Waals surface area contributed by atoms with E-state index in [1.807, 2.05) is 0 Å². The molecule has 62 heavy (non-hydrogen) atoms. The molecular formula is C52H87O9P. The Hall–Kier alpha value is -2.88. The third kappa shape index (κ3) is 46.6. The third-order valence-electron chi connectivity index (χ3n) is 9.45. The topological polar surface area (TPSA) is 132 Å². The number of allylic oxidation sites excluding steroid dienone is 18. The van der Waals surface area contributed by atoms with Gasteiger partial charge in [-0.3, -0.25) is 13.8 Å². The van der Waals surface area contributed by atoms with E-state index in [0.29, 0.717) is 13.0 Å². The van der Waals surface area contributed by atoms with E-state index < -0.39 is 45.8 Å². The van der Waals surface area contributed by atoms with Gasteiger partial charge in [-0.05, 0) is 96.3 Å². The summed E-state index contributed by atoms with van der Waals surface area (Å²) in [5, 5.41) is 18.4. The molecule has 9 nitrogen and oxygen atoms in total. The first kappa shape index (κ1) is 59.1. The molecule has 0 saturated heterocycles. The molecule has 0 aliphatic rings.